The number of aromatic hydroxyl groups is 1. The molecule has 2 N–H and O–H groups in total. The lowest BCUT2D eigenvalue weighted by molar-refractivity contribution is 0.0992. The predicted octanol–water partition coefficient (Wildman–Crippen LogP) is 5.23. The average molecular weight is 335 g/mol. The summed E-state index contributed by atoms with van der Waals surface area (Å²) in [5.41, 5.74) is 2.69. The molecule has 2 aromatic carbocycles. The maximum atomic E-state index is 9.87. The van der Waals surface area contributed by atoms with E-state index in [1.54, 1.807) is 6.07 Å². The van der Waals surface area contributed by atoms with E-state index in [1.807, 2.05) is 12.1 Å². The summed E-state index contributed by atoms with van der Waals surface area (Å²) in [4.78, 5) is 0. The molecule has 2 heteroatoms. The normalized spacial score (nSPS) is 29.1. The van der Waals surface area contributed by atoms with Crippen LogP contribution in [0.3, 0.4) is 0 Å². The van der Waals surface area contributed by atoms with Gasteiger partial charge in [0.1, 0.15) is 5.75 Å². The molecule has 0 aromatic heterocycles. The molecule has 1 heterocycles. The lowest BCUT2D eigenvalue weighted by atomic mass is 9.68. The van der Waals surface area contributed by atoms with Gasteiger partial charge in [-0.3, -0.25) is 0 Å². The first-order chi connectivity index (χ1) is 12.3. The van der Waals surface area contributed by atoms with E-state index in [4.69, 9.17) is 0 Å². The fraction of sp³-hybridized carbons (Fsp3) is 0.478. The van der Waals surface area contributed by atoms with Crippen LogP contribution in [0.5, 0.6) is 5.75 Å². The zero-order valence-electron chi connectivity index (χ0n) is 14.9. The summed E-state index contributed by atoms with van der Waals surface area (Å²) in [6.07, 6.45) is 9.11. The lowest BCUT2D eigenvalue weighted by Gasteiger charge is -2.46. The van der Waals surface area contributed by atoms with E-state index < -0.39 is 0 Å². The van der Waals surface area contributed by atoms with Crippen LogP contribution in [0.2, 0.25) is 0 Å². The molecule has 25 heavy (non-hydrogen) atoms. The Bertz CT molecular complexity index is 684. The van der Waals surface area contributed by atoms with E-state index in [1.165, 1.54) is 49.7 Å². The zero-order chi connectivity index (χ0) is 17.1. The summed E-state index contributed by atoms with van der Waals surface area (Å²) in [6.45, 7) is 0. The molecule has 1 aliphatic carbocycles. The van der Waals surface area contributed by atoms with E-state index in [-0.39, 0.29) is 0 Å². The van der Waals surface area contributed by atoms with E-state index in [0.717, 1.165) is 18.3 Å². The van der Waals surface area contributed by atoms with Crippen molar-refractivity contribution in [3.63, 3.8) is 0 Å². The van der Waals surface area contributed by atoms with Gasteiger partial charge in [-0.15, -0.1) is 0 Å². The van der Waals surface area contributed by atoms with Crippen LogP contribution in [0, 0.1) is 11.8 Å². The van der Waals surface area contributed by atoms with Gasteiger partial charge in [-0.05, 0) is 60.8 Å². The number of phenolic OH excluding ortho intramolecular Hbond substituents is 1. The Balaban J connectivity index is 1.50. The molecule has 0 bridgehead atoms. The van der Waals surface area contributed by atoms with E-state index in [0.29, 0.717) is 17.8 Å². The highest BCUT2D eigenvalue weighted by Gasteiger charge is 2.38. The summed E-state index contributed by atoms with van der Waals surface area (Å²) in [5.74, 6) is 2.04. The van der Waals surface area contributed by atoms with Gasteiger partial charge >= 0.3 is 0 Å². The Morgan fingerprint density at radius 2 is 1.80 bits per heavy atom. The number of hydrogen-bond donors (Lipinski definition) is 2. The molecule has 2 aromatic rings. The number of piperidine rings is 1. The van der Waals surface area contributed by atoms with Gasteiger partial charge in [-0.25, -0.2) is 0 Å². The van der Waals surface area contributed by atoms with Crippen LogP contribution in [-0.2, 0) is 6.42 Å². The molecule has 1 saturated carbocycles. The SMILES string of the molecule is Oc1cccc([C@@H]2CC3CCCCC3[C@@H](CCc3ccccc3)N2)c1. The molecule has 1 saturated heterocycles. The molecule has 0 radical (unpaired) electrons. The van der Waals surface area contributed by atoms with Crippen LogP contribution >= 0.6 is 0 Å². The van der Waals surface area contributed by atoms with Crippen LogP contribution in [0.1, 0.15) is 55.7 Å². The molecular weight excluding hydrogens is 306 g/mol. The van der Waals surface area contributed by atoms with Crippen LogP contribution in [-0.4, -0.2) is 11.1 Å². The molecule has 2 nitrogen and oxygen atoms in total. The van der Waals surface area contributed by atoms with Crippen molar-refractivity contribution < 1.29 is 5.11 Å². The molecule has 2 unspecified atom stereocenters. The number of fused-ring (bicyclic) bond motifs is 1. The zero-order valence-corrected chi connectivity index (χ0v) is 14.9. The average Bonchev–Trinajstić information content (AvgIpc) is 2.67. The van der Waals surface area contributed by atoms with Gasteiger partial charge in [-0.2, -0.15) is 0 Å². The van der Waals surface area contributed by atoms with Crippen LogP contribution in [0.4, 0.5) is 0 Å². The smallest absolute Gasteiger partial charge is 0.115 e. The Hall–Kier alpha value is -1.80. The first-order valence-corrected chi connectivity index (χ1v) is 9.88. The maximum absolute atomic E-state index is 9.87. The second-order valence-corrected chi connectivity index (χ2v) is 7.89. The Kier molecular flexibility index (Phi) is 5.07. The first kappa shape index (κ1) is 16.7. The first-order valence-electron chi connectivity index (χ1n) is 9.88. The minimum absolute atomic E-state index is 0.380. The molecule has 0 spiro atoms. The standard InChI is InChI=1S/C23H29NO/c25-20-11-6-10-19(15-20)23-16-18-9-4-5-12-21(18)22(24-23)14-13-17-7-2-1-3-8-17/h1-3,6-8,10-11,15,18,21-25H,4-5,9,12-14,16H2/t18?,21?,22-,23+/m1/s1. The number of phenols is 1. The van der Waals surface area contributed by atoms with Crippen molar-refractivity contribution in [3.05, 3.63) is 65.7 Å². The fourth-order valence-electron chi connectivity index (χ4n) is 5.05. The number of rotatable bonds is 4. The Morgan fingerprint density at radius 1 is 0.960 bits per heavy atom. The maximum Gasteiger partial charge on any atom is 0.115 e. The predicted molar refractivity (Wildman–Crippen MR) is 103 cm³/mol. The Morgan fingerprint density at radius 3 is 2.64 bits per heavy atom. The quantitative estimate of drug-likeness (QED) is 0.801. The lowest BCUT2D eigenvalue weighted by Crippen LogP contribution is -2.49. The summed E-state index contributed by atoms with van der Waals surface area (Å²) in [6, 6.07) is 19.7. The molecule has 1 aliphatic heterocycles. The van der Waals surface area contributed by atoms with Crippen LogP contribution < -0.4 is 5.32 Å². The second kappa shape index (κ2) is 7.61. The number of benzene rings is 2. The van der Waals surface area contributed by atoms with Crippen molar-refractivity contribution in [2.24, 2.45) is 11.8 Å². The van der Waals surface area contributed by atoms with Gasteiger partial charge in [0.2, 0.25) is 0 Å². The summed E-state index contributed by atoms with van der Waals surface area (Å²) in [7, 11) is 0. The van der Waals surface area contributed by atoms with Gasteiger partial charge in [0.15, 0.2) is 0 Å². The third-order valence-electron chi connectivity index (χ3n) is 6.30. The molecule has 2 aliphatic rings. The minimum Gasteiger partial charge on any atom is -0.508 e. The van der Waals surface area contributed by atoms with Crippen molar-refractivity contribution in [1.82, 2.24) is 5.32 Å². The van der Waals surface area contributed by atoms with Gasteiger partial charge in [0, 0.05) is 12.1 Å². The minimum atomic E-state index is 0.380. The molecule has 132 valence electrons. The van der Waals surface area contributed by atoms with Gasteiger partial charge < -0.3 is 10.4 Å². The molecule has 4 atom stereocenters. The van der Waals surface area contributed by atoms with Crippen molar-refractivity contribution in [3.8, 4) is 5.75 Å². The number of nitrogens with one attached hydrogen (secondary N) is 1. The van der Waals surface area contributed by atoms with Gasteiger partial charge in [-0.1, -0.05) is 61.7 Å². The molecule has 2 fully saturated rings. The third kappa shape index (κ3) is 3.90. The van der Waals surface area contributed by atoms with E-state index in [9.17, 15) is 5.11 Å². The molecule has 4 rings (SSSR count). The Labute approximate surface area is 151 Å². The van der Waals surface area contributed by atoms with Crippen LogP contribution in [0.15, 0.2) is 54.6 Å². The topological polar surface area (TPSA) is 32.3 Å². The largest absolute Gasteiger partial charge is 0.508 e. The summed E-state index contributed by atoms with van der Waals surface area (Å²) >= 11 is 0. The van der Waals surface area contributed by atoms with Crippen molar-refractivity contribution in [2.45, 2.75) is 57.0 Å². The third-order valence-corrected chi connectivity index (χ3v) is 6.30. The van der Waals surface area contributed by atoms with Crippen molar-refractivity contribution >= 4 is 0 Å². The fourth-order valence-corrected chi connectivity index (χ4v) is 5.05. The molecular formula is C23H29NO. The highest BCUT2D eigenvalue weighted by atomic mass is 16.3. The molecule has 0 amide bonds. The van der Waals surface area contributed by atoms with Gasteiger partial charge in [0.25, 0.3) is 0 Å². The van der Waals surface area contributed by atoms with Gasteiger partial charge in [0.05, 0.1) is 0 Å². The highest BCUT2D eigenvalue weighted by molar-refractivity contribution is 5.30. The van der Waals surface area contributed by atoms with E-state index in [2.05, 4.69) is 41.7 Å². The van der Waals surface area contributed by atoms with E-state index >= 15 is 0 Å². The monoisotopic (exact) mass is 335 g/mol. The highest BCUT2D eigenvalue weighted by Crippen LogP contribution is 2.43. The van der Waals surface area contributed by atoms with Crippen molar-refractivity contribution in [1.29, 1.82) is 0 Å². The summed E-state index contributed by atoms with van der Waals surface area (Å²) < 4.78 is 0. The number of hydrogen-bond acceptors (Lipinski definition) is 2. The van der Waals surface area contributed by atoms with Crippen molar-refractivity contribution in [2.75, 3.05) is 0 Å². The second-order valence-electron chi connectivity index (χ2n) is 7.89. The number of aryl methyl sites for hydroxylation is 1. The summed E-state index contributed by atoms with van der Waals surface area (Å²) in [5, 5.41) is 13.8. The van der Waals surface area contributed by atoms with Crippen LogP contribution in [0.25, 0.3) is 0 Å².